The molecule has 1 fully saturated rings. The van der Waals surface area contributed by atoms with Gasteiger partial charge in [0.15, 0.2) is 17.2 Å². The Morgan fingerprint density at radius 1 is 1.29 bits per heavy atom. The van der Waals surface area contributed by atoms with Gasteiger partial charge in [0.2, 0.25) is 5.43 Å². The van der Waals surface area contributed by atoms with Crippen molar-refractivity contribution in [3.63, 3.8) is 0 Å². The first-order valence-electron chi connectivity index (χ1n) is 10.1. The number of aromatic nitrogens is 1. The minimum atomic E-state index is -0.960. The number of aliphatic hydroxyl groups is 1. The Bertz CT molecular complexity index is 1150. The van der Waals surface area contributed by atoms with Crippen molar-refractivity contribution in [3.05, 3.63) is 63.1 Å². The summed E-state index contributed by atoms with van der Waals surface area (Å²) in [4.78, 5) is 39.8. The zero-order valence-corrected chi connectivity index (χ0v) is 16.9. The molecule has 1 aliphatic heterocycles. The third kappa shape index (κ3) is 3.33. The number of rotatable bonds is 6. The van der Waals surface area contributed by atoms with E-state index in [4.69, 9.17) is 0 Å². The summed E-state index contributed by atoms with van der Waals surface area (Å²) >= 11 is 0. The summed E-state index contributed by atoms with van der Waals surface area (Å²) in [5.41, 5.74) is -2.00. The molecule has 1 spiro atoms. The highest BCUT2D eigenvalue weighted by Crippen LogP contribution is 2.53. The lowest BCUT2D eigenvalue weighted by Crippen LogP contribution is -2.49. The number of hydrogen-bond acceptors (Lipinski definition) is 5. The zero-order valence-electron chi connectivity index (χ0n) is 16.9. The van der Waals surface area contributed by atoms with E-state index in [0.29, 0.717) is 19.5 Å². The van der Waals surface area contributed by atoms with Gasteiger partial charge in [-0.2, -0.15) is 0 Å². The molecule has 2 N–H and O–H groups in total. The van der Waals surface area contributed by atoms with E-state index in [1.807, 2.05) is 0 Å². The van der Waals surface area contributed by atoms with Crippen molar-refractivity contribution >= 4 is 11.7 Å². The van der Waals surface area contributed by atoms with Gasteiger partial charge in [0.25, 0.3) is 5.91 Å². The summed E-state index contributed by atoms with van der Waals surface area (Å²) in [6.45, 7) is 2.32. The van der Waals surface area contributed by atoms with Crippen LogP contribution in [0.15, 0.2) is 29.2 Å². The summed E-state index contributed by atoms with van der Waals surface area (Å²) in [5, 5.41) is 20.2. The van der Waals surface area contributed by atoms with E-state index >= 15 is 0 Å². The van der Waals surface area contributed by atoms with Crippen molar-refractivity contribution in [2.75, 3.05) is 19.7 Å². The lowest BCUT2D eigenvalue weighted by atomic mass is 10.00. The average Bonchev–Trinajstić information content (AvgIpc) is 3.45. The molecule has 1 aromatic heterocycles. The van der Waals surface area contributed by atoms with Gasteiger partial charge in [-0.3, -0.25) is 14.4 Å². The number of carbonyl (C=O) groups excluding carboxylic acids is 2. The lowest BCUT2D eigenvalue weighted by Gasteiger charge is -2.37. The largest absolute Gasteiger partial charge is 0.503 e. The van der Waals surface area contributed by atoms with Crippen LogP contribution >= 0.6 is 0 Å². The fourth-order valence-electron chi connectivity index (χ4n) is 4.44. The lowest BCUT2D eigenvalue weighted by molar-refractivity contribution is 0.0630. The van der Waals surface area contributed by atoms with E-state index in [0.717, 1.165) is 12.1 Å². The Morgan fingerprint density at radius 3 is 2.65 bits per heavy atom. The van der Waals surface area contributed by atoms with Crippen LogP contribution in [0.4, 0.5) is 8.78 Å². The van der Waals surface area contributed by atoms with Gasteiger partial charge < -0.3 is 19.7 Å². The van der Waals surface area contributed by atoms with Gasteiger partial charge in [0.1, 0.15) is 11.6 Å². The van der Waals surface area contributed by atoms with Gasteiger partial charge in [-0.1, -0.05) is 6.07 Å². The molecule has 0 unspecified atom stereocenters. The molecule has 9 heteroatoms. The number of amides is 1. The number of Topliss-reactive ketones (excluding diaryl/α,β-unsaturated/α-hetero) is 1. The van der Waals surface area contributed by atoms with Gasteiger partial charge in [-0.15, -0.1) is 0 Å². The third-order valence-electron chi connectivity index (χ3n) is 6.36. The molecule has 0 saturated heterocycles. The fourth-order valence-corrected chi connectivity index (χ4v) is 4.44. The molecule has 0 bridgehead atoms. The molecule has 1 saturated carbocycles. The maximum atomic E-state index is 13.9. The van der Waals surface area contributed by atoms with Crippen molar-refractivity contribution in [1.82, 2.24) is 9.47 Å². The summed E-state index contributed by atoms with van der Waals surface area (Å²) < 4.78 is 28.4. The molecule has 2 atom stereocenters. The molecular formula is C22H22F2N2O5. The molecule has 164 valence electrons. The van der Waals surface area contributed by atoms with E-state index < -0.39 is 40.0 Å². The predicted octanol–water partition coefficient (Wildman–Crippen LogP) is 1.83. The van der Waals surface area contributed by atoms with Crippen LogP contribution in [-0.4, -0.2) is 51.1 Å². The number of benzene rings is 1. The number of pyridine rings is 1. The predicted molar refractivity (Wildman–Crippen MR) is 106 cm³/mol. The molecule has 2 aromatic rings. The Labute approximate surface area is 176 Å². The van der Waals surface area contributed by atoms with Gasteiger partial charge in [0.05, 0.1) is 11.1 Å². The van der Waals surface area contributed by atoms with E-state index in [1.165, 1.54) is 21.7 Å². The van der Waals surface area contributed by atoms with Crippen LogP contribution in [0.1, 0.15) is 46.2 Å². The Kier molecular flexibility index (Phi) is 5.17. The van der Waals surface area contributed by atoms with Crippen LogP contribution in [0.3, 0.4) is 0 Å². The quantitative estimate of drug-likeness (QED) is 0.679. The molecular weight excluding hydrogens is 410 g/mol. The van der Waals surface area contributed by atoms with Crippen LogP contribution in [-0.2, 0) is 12.0 Å². The average molecular weight is 432 g/mol. The van der Waals surface area contributed by atoms with Gasteiger partial charge >= 0.3 is 0 Å². The zero-order chi connectivity index (χ0) is 22.5. The number of carbonyl (C=O) groups is 2. The number of hydrogen-bond donors (Lipinski definition) is 2. The first-order chi connectivity index (χ1) is 14.7. The van der Waals surface area contributed by atoms with Crippen molar-refractivity contribution in [1.29, 1.82) is 0 Å². The summed E-state index contributed by atoms with van der Waals surface area (Å²) in [7, 11) is 0. The molecule has 2 heterocycles. The second-order valence-electron chi connectivity index (χ2n) is 8.10. The van der Waals surface area contributed by atoms with E-state index in [9.17, 15) is 33.4 Å². The van der Waals surface area contributed by atoms with Crippen LogP contribution in [0.2, 0.25) is 0 Å². The molecule has 2 aliphatic rings. The number of aliphatic hydroxyl groups excluding tert-OH is 1. The summed E-state index contributed by atoms with van der Waals surface area (Å²) in [6.07, 6.45) is 1.53. The smallest absolute Gasteiger partial charge is 0.274 e. The van der Waals surface area contributed by atoms with E-state index in [-0.39, 0.29) is 42.2 Å². The van der Waals surface area contributed by atoms with Gasteiger partial charge in [-0.25, -0.2) is 8.78 Å². The topological polar surface area (TPSA) is 99.8 Å². The number of ketones is 1. The standard InChI is InChI=1S/C22H22F2N2O5/c1-2-25-11-22(8-13(22)10-27)26-9-15(19(29)20(30)18(26)21(25)31)17(28)6-4-12-3-5-14(23)7-16(12)24/h3,5,7,9,13,27,30H,2,4,6,8,10-11H2,1H3/t13-,22-/m0/s1. The molecule has 7 nitrogen and oxygen atoms in total. The highest BCUT2D eigenvalue weighted by Gasteiger charge is 2.60. The second kappa shape index (κ2) is 7.56. The minimum Gasteiger partial charge on any atom is -0.503 e. The van der Waals surface area contributed by atoms with Crippen molar-refractivity contribution in [2.24, 2.45) is 5.92 Å². The number of aryl methyl sites for hydroxylation is 1. The van der Waals surface area contributed by atoms with E-state index in [1.54, 1.807) is 6.92 Å². The first-order valence-corrected chi connectivity index (χ1v) is 10.1. The highest BCUT2D eigenvalue weighted by molar-refractivity contribution is 6.00. The Balaban J connectivity index is 1.70. The third-order valence-corrected chi connectivity index (χ3v) is 6.36. The maximum absolute atomic E-state index is 13.9. The molecule has 1 aromatic carbocycles. The van der Waals surface area contributed by atoms with Crippen LogP contribution < -0.4 is 5.43 Å². The highest BCUT2D eigenvalue weighted by atomic mass is 19.1. The molecule has 0 radical (unpaired) electrons. The van der Waals surface area contributed by atoms with E-state index in [2.05, 4.69) is 0 Å². The maximum Gasteiger partial charge on any atom is 0.274 e. The Hall–Kier alpha value is -3.07. The molecule has 1 amide bonds. The molecule has 31 heavy (non-hydrogen) atoms. The SMILES string of the molecule is CCN1C[C@]2(C[C@H]2CO)n2cc(C(=O)CCc3ccc(F)cc3F)c(=O)c(O)c2C1=O. The number of likely N-dealkylation sites (N-methyl/N-ethyl adjacent to an activating group) is 1. The monoisotopic (exact) mass is 432 g/mol. The fraction of sp³-hybridized carbons (Fsp3) is 0.409. The van der Waals surface area contributed by atoms with Gasteiger partial charge in [0, 0.05) is 44.3 Å². The summed E-state index contributed by atoms with van der Waals surface area (Å²) in [5.74, 6) is -3.63. The molecule has 4 rings (SSSR count). The van der Waals surface area contributed by atoms with Crippen molar-refractivity contribution < 1.29 is 28.6 Å². The number of halogens is 2. The number of aromatic hydroxyl groups is 1. The normalized spacial score (nSPS) is 22.0. The number of fused-ring (bicyclic) bond motifs is 2. The van der Waals surface area contributed by atoms with Crippen LogP contribution in [0.5, 0.6) is 5.75 Å². The summed E-state index contributed by atoms with van der Waals surface area (Å²) in [6, 6.07) is 3.04. The first kappa shape index (κ1) is 21.2. The Morgan fingerprint density at radius 2 is 2.03 bits per heavy atom. The van der Waals surface area contributed by atoms with Crippen LogP contribution in [0, 0.1) is 17.6 Å². The second-order valence-corrected chi connectivity index (χ2v) is 8.10. The van der Waals surface area contributed by atoms with Crippen molar-refractivity contribution in [2.45, 2.75) is 31.7 Å². The minimum absolute atomic E-state index is 0.0557. The molecule has 1 aliphatic carbocycles. The number of nitrogens with zero attached hydrogens (tertiary/aromatic N) is 2. The van der Waals surface area contributed by atoms with Crippen molar-refractivity contribution in [3.8, 4) is 5.75 Å². The van der Waals surface area contributed by atoms with Crippen LogP contribution in [0.25, 0.3) is 0 Å². The van der Waals surface area contributed by atoms with Gasteiger partial charge in [-0.05, 0) is 31.4 Å².